The maximum atomic E-state index is 13.5. The van der Waals surface area contributed by atoms with Gasteiger partial charge in [-0.25, -0.2) is 0 Å². The summed E-state index contributed by atoms with van der Waals surface area (Å²) in [5, 5.41) is 15.8. The molecule has 1 aliphatic rings. The number of aryl methyl sites for hydroxylation is 1. The quantitative estimate of drug-likeness (QED) is 0.254. The number of carbonyl (C=O) groups excluding carboxylic acids is 3. The number of aliphatic carboxylic acids is 1. The largest absolute Gasteiger partial charge is 0.481 e. The minimum atomic E-state index is -1.04. The molecule has 238 valence electrons. The highest BCUT2D eigenvalue weighted by Gasteiger charge is 2.26. The minimum absolute atomic E-state index is 0.111. The average Bonchev–Trinajstić information content (AvgIpc) is 3.22. The van der Waals surface area contributed by atoms with Crippen molar-refractivity contribution in [2.24, 2.45) is 5.41 Å². The van der Waals surface area contributed by atoms with E-state index in [0.717, 1.165) is 12.0 Å². The molecule has 3 aromatic carbocycles. The molecule has 0 spiro atoms. The molecule has 1 atom stereocenters. The Morgan fingerprint density at radius 1 is 0.889 bits per heavy atom. The highest BCUT2D eigenvalue weighted by atomic mass is 35.5. The summed E-state index contributed by atoms with van der Waals surface area (Å²) in [6, 6.07) is 18.2. The van der Waals surface area contributed by atoms with Gasteiger partial charge in [-0.05, 0) is 60.7 Å². The van der Waals surface area contributed by atoms with Crippen LogP contribution in [0.1, 0.15) is 77.9 Å². The molecule has 0 saturated carbocycles. The van der Waals surface area contributed by atoms with E-state index in [1.54, 1.807) is 54.6 Å². The number of hydrogen-bond acceptors (Lipinski definition) is 5. The standard InChI is InChI=1S/C35H41ClN4O5/c1-23-9-11-24(12-10-23)28(21-32(42)43)37-34(45)26-13-14-30(29(20-26)38-33(44)25-7-5-8-27(36)19-25)39-15-6-16-40(18-17-39)31(41)22-35(2,3)4/h5,7-14,19-20,28H,6,15-18,21-22H2,1-4H3,(H,37,45)(H,38,44)(H,42,43). The Labute approximate surface area is 269 Å². The molecule has 10 heteroatoms. The van der Waals surface area contributed by atoms with Gasteiger partial charge in [0.1, 0.15) is 0 Å². The number of hydrogen-bond donors (Lipinski definition) is 3. The highest BCUT2D eigenvalue weighted by molar-refractivity contribution is 6.31. The van der Waals surface area contributed by atoms with Gasteiger partial charge in [-0.1, -0.05) is 68.3 Å². The van der Waals surface area contributed by atoms with Crippen LogP contribution < -0.4 is 15.5 Å². The Balaban J connectivity index is 1.62. The van der Waals surface area contributed by atoms with E-state index in [4.69, 9.17) is 11.6 Å². The smallest absolute Gasteiger partial charge is 0.305 e. The molecule has 3 aromatic rings. The van der Waals surface area contributed by atoms with Gasteiger partial charge in [-0.3, -0.25) is 19.2 Å². The Hall–Kier alpha value is -4.37. The van der Waals surface area contributed by atoms with Gasteiger partial charge in [-0.15, -0.1) is 0 Å². The van der Waals surface area contributed by atoms with E-state index in [1.165, 1.54) is 0 Å². The summed E-state index contributed by atoms with van der Waals surface area (Å²) in [7, 11) is 0. The van der Waals surface area contributed by atoms with Crippen LogP contribution in [-0.4, -0.2) is 59.9 Å². The monoisotopic (exact) mass is 632 g/mol. The Bertz CT molecular complexity index is 1550. The van der Waals surface area contributed by atoms with Crippen LogP contribution in [0.4, 0.5) is 11.4 Å². The van der Waals surface area contributed by atoms with Gasteiger partial charge in [0, 0.05) is 48.7 Å². The first-order valence-corrected chi connectivity index (χ1v) is 15.5. The normalized spacial score (nSPS) is 14.3. The van der Waals surface area contributed by atoms with Crippen molar-refractivity contribution in [1.82, 2.24) is 10.2 Å². The first-order chi connectivity index (χ1) is 21.3. The molecule has 9 nitrogen and oxygen atoms in total. The molecule has 3 N–H and O–H groups in total. The molecule has 1 aliphatic heterocycles. The first-order valence-electron chi connectivity index (χ1n) is 15.1. The van der Waals surface area contributed by atoms with Crippen molar-refractivity contribution in [3.63, 3.8) is 0 Å². The molecule has 4 rings (SSSR count). The van der Waals surface area contributed by atoms with E-state index in [-0.39, 0.29) is 23.3 Å². The summed E-state index contributed by atoms with van der Waals surface area (Å²) in [5.74, 6) is -1.78. The average molecular weight is 633 g/mol. The number of carboxylic acids is 1. The maximum Gasteiger partial charge on any atom is 0.305 e. The van der Waals surface area contributed by atoms with Crippen LogP contribution in [0.15, 0.2) is 66.7 Å². The van der Waals surface area contributed by atoms with Crippen molar-refractivity contribution >= 4 is 46.7 Å². The van der Waals surface area contributed by atoms with Gasteiger partial charge in [0.05, 0.1) is 23.8 Å². The zero-order valence-electron chi connectivity index (χ0n) is 26.2. The highest BCUT2D eigenvalue weighted by Crippen LogP contribution is 2.30. The lowest BCUT2D eigenvalue weighted by atomic mass is 9.91. The van der Waals surface area contributed by atoms with Gasteiger partial charge < -0.3 is 25.5 Å². The van der Waals surface area contributed by atoms with Crippen molar-refractivity contribution in [2.75, 3.05) is 36.4 Å². The van der Waals surface area contributed by atoms with Gasteiger partial charge >= 0.3 is 5.97 Å². The van der Waals surface area contributed by atoms with Gasteiger partial charge in [-0.2, -0.15) is 0 Å². The molecule has 0 aliphatic carbocycles. The zero-order chi connectivity index (χ0) is 32.7. The Kier molecular flexibility index (Phi) is 10.9. The third kappa shape index (κ3) is 9.56. The number of carbonyl (C=O) groups is 4. The van der Waals surface area contributed by atoms with E-state index < -0.39 is 23.8 Å². The van der Waals surface area contributed by atoms with Crippen molar-refractivity contribution < 1.29 is 24.3 Å². The Morgan fingerprint density at radius 3 is 2.27 bits per heavy atom. The van der Waals surface area contributed by atoms with Gasteiger partial charge in [0.2, 0.25) is 5.91 Å². The van der Waals surface area contributed by atoms with Crippen LogP contribution in [-0.2, 0) is 9.59 Å². The number of rotatable bonds is 9. The second-order valence-electron chi connectivity index (χ2n) is 12.7. The molecule has 1 heterocycles. The van der Waals surface area contributed by atoms with Crippen molar-refractivity contribution in [3.05, 3.63) is 94.0 Å². The fourth-order valence-electron chi connectivity index (χ4n) is 5.32. The van der Waals surface area contributed by atoms with Crippen LogP contribution in [0.3, 0.4) is 0 Å². The third-order valence-electron chi connectivity index (χ3n) is 7.63. The summed E-state index contributed by atoms with van der Waals surface area (Å²) < 4.78 is 0. The third-order valence-corrected chi connectivity index (χ3v) is 7.86. The number of carboxylic acid groups (broad SMARTS) is 1. The lowest BCUT2D eigenvalue weighted by Gasteiger charge is -2.27. The summed E-state index contributed by atoms with van der Waals surface area (Å²) >= 11 is 6.14. The van der Waals surface area contributed by atoms with E-state index in [1.807, 2.05) is 44.7 Å². The van der Waals surface area contributed by atoms with Crippen LogP contribution in [0.25, 0.3) is 0 Å². The fourth-order valence-corrected chi connectivity index (χ4v) is 5.51. The fraction of sp³-hybridized carbons (Fsp3) is 0.371. The van der Waals surface area contributed by atoms with E-state index in [9.17, 15) is 24.3 Å². The van der Waals surface area contributed by atoms with E-state index >= 15 is 0 Å². The number of nitrogens with zero attached hydrogens (tertiary/aromatic N) is 2. The molecule has 1 fully saturated rings. The van der Waals surface area contributed by atoms with E-state index in [0.29, 0.717) is 60.1 Å². The molecule has 0 aromatic heterocycles. The number of anilines is 2. The van der Waals surface area contributed by atoms with Gasteiger partial charge in [0.15, 0.2) is 0 Å². The molecular formula is C35H41ClN4O5. The second kappa shape index (κ2) is 14.6. The Morgan fingerprint density at radius 2 is 1.60 bits per heavy atom. The predicted molar refractivity (Wildman–Crippen MR) is 177 cm³/mol. The van der Waals surface area contributed by atoms with Crippen LogP contribution >= 0.6 is 11.6 Å². The van der Waals surface area contributed by atoms with Gasteiger partial charge in [0.25, 0.3) is 11.8 Å². The van der Waals surface area contributed by atoms with Crippen molar-refractivity contribution in [2.45, 2.75) is 53.0 Å². The summed E-state index contributed by atoms with van der Waals surface area (Å²) in [6.07, 6.45) is 0.917. The number of nitrogens with one attached hydrogen (secondary N) is 2. The number of benzene rings is 3. The number of halogens is 1. The molecule has 0 radical (unpaired) electrons. The maximum absolute atomic E-state index is 13.5. The SMILES string of the molecule is Cc1ccc(C(CC(=O)O)NC(=O)c2ccc(N3CCCN(C(=O)CC(C)(C)C)CC3)c(NC(=O)c3cccc(Cl)c3)c2)cc1. The first kappa shape index (κ1) is 33.5. The topological polar surface area (TPSA) is 119 Å². The molecule has 0 bridgehead atoms. The van der Waals surface area contributed by atoms with Crippen molar-refractivity contribution in [1.29, 1.82) is 0 Å². The number of amides is 3. The van der Waals surface area contributed by atoms with Crippen LogP contribution in [0.5, 0.6) is 0 Å². The van der Waals surface area contributed by atoms with Crippen LogP contribution in [0.2, 0.25) is 5.02 Å². The molecule has 3 amide bonds. The predicted octanol–water partition coefficient (Wildman–Crippen LogP) is 6.32. The summed E-state index contributed by atoms with van der Waals surface area (Å²) in [4.78, 5) is 55.4. The zero-order valence-corrected chi connectivity index (χ0v) is 27.0. The molecule has 45 heavy (non-hydrogen) atoms. The minimum Gasteiger partial charge on any atom is -0.481 e. The van der Waals surface area contributed by atoms with Crippen LogP contribution in [0, 0.1) is 12.3 Å². The van der Waals surface area contributed by atoms with Crippen molar-refractivity contribution in [3.8, 4) is 0 Å². The molecule has 1 saturated heterocycles. The second-order valence-corrected chi connectivity index (χ2v) is 13.1. The molecule has 1 unspecified atom stereocenters. The lowest BCUT2D eigenvalue weighted by Crippen LogP contribution is -2.37. The summed E-state index contributed by atoms with van der Waals surface area (Å²) in [5.41, 5.74) is 3.35. The summed E-state index contributed by atoms with van der Waals surface area (Å²) in [6.45, 7) is 10.5. The lowest BCUT2D eigenvalue weighted by molar-refractivity contribution is -0.137. The van der Waals surface area contributed by atoms with E-state index in [2.05, 4.69) is 15.5 Å². The molecular weight excluding hydrogens is 592 g/mol.